The van der Waals surface area contributed by atoms with Crippen LogP contribution in [0.4, 0.5) is 0 Å². The molecule has 1 aromatic carbocycles. The van der Waals surface area contributed by atoms with Gasteiger partial charge < -0.3 is 5.32 Å². The Bertz CT molecular complexity index is 723. The Kier molecular flexibility index (Phi) is 5.37. The highest BCUT2D eigenvalue weighted by atomic mass is 35.5. The Labute approximate surface area is 146 Å². The van der Waals surface area contributed by atoms with Crippen LogP contribution >= 0.6 is 23.2 Å². The van der Waals surface area contributed by atoms with Crippen LogP contribution in [0.5, 0.6) is 0 Å². The molecular formula is C17H21Cl2N3O. The number of carbonyl (C=O) groups is 1. The zero-order valence-corrected chi connectivity index (χ0v) is 15.3. The van der Waals surface area contributed by atoms with Crippen LogP contribution in [0.15, 0.2) is 24.3 Å². The van der Waals surface area contributed by atoms with E-state index in [2.05, 4.69) is 24.3 Å². The number of amides is 1. The Hall–Kier alpha value is -1.52. The Balaban J connectivity index is 1.99. The zero-order chi connectivity index (χ0) is 17.2. The van der Waals surface area contributed by atoms with E-state index in [0.29, 0.717) is 16.6 Å². The molecule has 2 rings (SSSR count). The second-order valence-corrected chi connectivity index (χ2v) is 7.13. The maximum absolute atomic E-state index is 12.2. The number of hydrogen-bond acceptors (Lipinski definition) is 2. The van der Waals surface area contributed by atoms with Crippen molar-refractivity contribution in [2.24, 2.45) is 0 Å². The normalized spacial score (nSPS) is 11.6. The SMILES string of the molecule is Cc1nn(CC(=O)NCC(C)(C)c2cccc(Cl)c2)c(C)c1Cl. The molecule has 1 N–H and O–H groups in total. The number of aryl methyl sites for hydroxylation is 1. The van der Waals surface area contributed by atoms with Gasteiger partial charge in [0.15, 0.2) is 0 Å². The van der Waals surface area contributed by atoms with Crippen LogP contribution in [-0.2, 0) is 16.8 Å². The summed E-state index contributed by atoms with van der Waals surface area (Å²) < 4.78 is 1.62. The molecule has 1 aromatic heterocycles. The number of halogens is 2. The molecule has 0 aliphatic carbocycles. The number of nitrogens with one attached hydrogen (secondary N) is 1. The third-order valence-electron chi connectivity index (χ3n) is 3.92. The van der Waals surface area contributed by atoms with Gasteiger partial charge >= 0.3 is 0 Å². The third kappa shape index (κ3) is 4.27. The van der Waals surface area contributed by atoms with E-state index < -0.39 is 0 Å². The number of carbonyl (C=O) groups excluding carboxylic acids is 1. The van der Waals surface area contributed by atoms with E-state index >= 15 is 0 Å². The lowest BCUT2D eigenvalue weighted by molar-refractivity contribution is -0.122. The number of rotatable bonds is 5. The fourth-order valence-electron chi connectivity index (χ4n) is 2.35. The second kappa shape index (κ2) is 6.93. The second-order valence-electron chi connectivity index (χ2n) is 6.31. The number of hydrogen-bond donors (Lipinski definition) is 1. The van der Waals surface area contributed by atoms with Gasteiger partial charge in [-0.2, -0.15) is 5.10 Å². The molecule has 2 aromatic rings. The summed E-state index contributed by atoms with van der Waals surface area (Å²) in [5.41, 5.74) is 2.40. The summed E-state index contributed by atoms with van der Waals surface area (Å²) in [7, 11) is 0. The Morgan fingerprint density at radius 1 is 1.30 bits per heavy atom. The van der Waals surface area contributed by atoms with Crippen molar-refractivity contribution in [1.82, 2.24) is 15.1 Å². The van der Waals surface area contributed by atoms with E-state index in [-0.39, 0.29) is 17.9 Å². The van der Waals surface area contributed by atoms with Crippen LogP contribution in [0.3, 0.4) is 0 Å². The zero-order valence-electron chi connectivity index (χ0n) is 13.8. The quantitative estimate of drug-likeness (QED) is 0.885. The molecular weight excluding hydrogens is 333 g/mol. The summed E-state index contributed by atoms with van der Waals surface area (Å²) in [6.45, 7) is 8.49. The molecule has 6 heteroatoms. The van der Waals surface area contributed by atoms with Crippen molar-refractivity contribution in [2.75, 3.05) is 6.54 Å². The van der Waals surface area contributed by atoms with Crippen LogP contribution in [0.2, 0.25) is 10.0 Å². The number of nitrogens with zero attached hydrogens (tertiary/aromatic N) is 2. The van der Waals surface area contributed by atoms with Crippen LogP contribution in [0.25, 0.3) is 0 Å². The third-order valence-corrected chi connectivity index (χ3v) is 4.70. The smallest absolute Gasteiger partial charge is 0.241 e. The van der Waals surface area contributed by atoms with Gasteiger partial charge in [-0.1, -0.05) is 49.2 Å². The van der Waals surface area contributed by atoms with Gasteiger partial charge in [-0.3, -0.25) is 9.48 Å². The average Bonchev–Trinajstić information content (AvgIpc) is 2.73. The van der Waals surface area contributed by atoms with Gasteiger partial charge in [-0.05, 0) is 31.5 Å². The predicted octanol–water partition coefficient (Wildman–Crippen LogP) is 3.90. The van der Waals surface area contributed by atoms with E-state index in [1.807, 2.05) is 38.1 Å². The highest BCUT2D eigenvalue weighted by Gasteiger charge is 2.22. The van der Waals surface area contributed by atoms with Crippen LogP contribution in [0, 0.1) is 13.8 Å². The van der Waals surface area contributed by atoms with Gasteiger partial charge in [0, 0.05) is 17.0 Å². The molecule has 0 saturated heterocycles. The summed E-state index contributed by atoms with van der Waals surface area (Å²) in [4.78, 5) is 12.2. The molecule has 1 amide bonds. The first-order valence-electron chi connectivity index (χ1n) is 7.43. The summed E-state index contributed by atoms with van der Waals surface area (Å²) in [5, 5.41) is 8.53. The van der Waals surface area contributed by atoms with Crippen molar-refractivity contribution in [2.45, 2.75) is 39.7 Å². The number of benzene rings is 1. The average molecular weight is 354 g/mol. The largest absolute Gasteiger partial charge is 0.354 e. The van der Waals surface area contributed by atoms with Crippen molar-refractivity contribution in [3.8, 4) is 0 Å². The molecule has 0 unspecified atom stereocenters. The first kappa shape index (κ1) is 17.8. The van der Waals surface area contributed by atoms with E-state index in [9.17, 15) is 4.79 Å². The van der Waals surface area contributed by atoms with E-state index in [1.54, 1.807) is 4.68 Å². The van der Waals surface area contributed by atoms with Gasteiger partial charge in [0.05, 0.1) is 16.4 Å². The summed E-state index contributed by atoms with van der Waals surface area (Å²) in [6, 6.07) is 7.69. The molecule has 0 fully saturated rings. The fraction of sp³-hybridized carbons (Fsp3) is 0.412. The molecule has 0 aliphatic rings. The molecule has 0 spiro atoms. The Morgan fingerprint density at radius 3 is 2.57 bits per heavy atom. The van der Waals surface area contributed by atoms with Gasteiger partial charge in [0.2, 0.25) is 5.91 Å². The van der Waals surface area contributed by atoms with Crippen molar-refractivity contribution < 1.29 is 4.79 Å². The van der Waals surface area contributed by atoms with Crippen molar-refractivity contribution in [3.05, 3.63) is 51.3 Å². The lowest BCUT2D eigenvalue weighted by Crippen LogP contribution is -2.38. The van der Waals surface area contributed by atoms with Crippen LogP contribution < -0.4 is 5.32 Å². The molecule has 124 valence electrons. The van der Waals surface area contributed by atoms with Gasteiger partial charge in [-0.25, -0.2) is 0 Å². The van der Waals surface area contributed by atoms with Crippen molar-refractivity contribution in [3.63, 3.8) is 0 Å². The van der Waals surface area contributed by atoms with Gasteiger partial charge in [0.1, 0.15) is 6.54 Å². The standard InChI is InChI=1S/C17H21Cl2N3O/c1-11-16(19)12(2)22(21-11)9-15(23)20-10-17(3,4)13-6-5-7-14(18)8-13/h5-8H,9-10H2,1-4H3,(H,20,23). The minimum atomic E-state index is -0.215. The summed E-state index contributed by atoms with van der Waals surface area (Å²) in [6.07, 6.45) is 0. The molecule has 0 radical (unpaired) electrons. The topological polar surface area (TPSA) is 46.9 Å². The van der Waals surface area contributed by atoms with Crippen LogP contribution in [0.1, 0.15) is 30.8 Å². The van der Waals surface area contributed by atoms with E-state index in [4.69, 9.17) is 23.2 Å². The number of aromatic nitrogens is 2. The molecule has 0 saturated carbocycles. The van der Waals surface area contributed by atoms with Crippen LogP contribution in [-0.4, -0.2) is 22.2 Å². The monoisotopic (exact) mass is 353 g/mol. The highest BCUT2D eigenvalue weighted by molar-refractivity contribution is 6.31. The summed E-state index contributed by atoms with van der Waals surface area (Å²) >= 11 is 12.1. The van der Waals surface area contributed by atoms with E-state index in [1.165, 1.54) is 0 Å². The summed E-state index contributed by atoms with van der Waals surface area (Å²) in [5.74, 6) is -0.0950. The van der Waals surface area contributed by atoms with Gasteiger partial charge in [0.25, 0.3) is 0 Å². The van der Waals surface area contributed by atoms with Gasteiger partial charge in [-0.15, -0.1) is 0 Å². The maximum atomic E-state index is 12.2. The molecule has 23 heavy (non-hydrogen) atoms. The predicted molar refractivity (Wildman–Crippen MR) is 94.2 cm³/mol. The van der Waals surface area contributed by atoms with Crippen molar-refractivity contribution in [1.29, 1.82) is 0 Å². The van der Waals surface area contributed by atoms with Crippen molar-refractivity contribution >= 4 is 29.1 Å². The lowest BCUT2D eigenvalue weighted by atomic mass is 9.84. The Morgan fingerprint density at radius 2 is 2.00 bits per heavy atom. The lowest BCUT2D eigenvalue weighted by Gasteiger charge is -2.26. The first-order chi connectivity index (χ1) is 10.7. The highest BCUT2D eigenvalue weighted by Crippen LogP contribution is 2.25. The molecule has 0 bridgehead atoms. The van der Waals surface area contributed by atoms with E-state index in [0.717, 1.165) is 17.0 Å². The minimum absolute atomic E-state index is 0.0950. The molecule has 1 heterocycles. The molecule has 4 nitrogen and oxygen atoms in total. The fourth-order valence-corrected chi connectivity index (χ4v) is 2.68. The molecule has 0 aliphatic heterocycles. The molecule has 0 atom stereocenters. The minimum Gasteiger partial charge on any atom is -0.354 e. The first-order valence-corrected chi connectivity index (χ1v) is 8.18. The maximum Gasteiger partial charge on any atom is 0.241 e.